The predicted molar refractivity (Wildman–Crippen MR) is 169 cm³/mol. The molecule has 0 aromatic carbocycles. The summed E-state index contributed by atoms with van der Waals surface area (Å²) in [5.41, 5.74) is 7.01. The van der Waals surface area contributed by atoms with Gasteiger partial charge in [-0.3, -0.25) is 9.59 Å². The Morgan fingerprint density at radius 2 is 1.32 bits per heavy atom. The van der Waals surface area contributed by atoms with Gasteiger partial charge >= 0.3 is 11.9 Å². The summed E-state index contributed by atoms with van der Waals surface area (Å²) in [6.07, 6.45) is 30.0. The third kappa shape index (κ3) is 14.5. The van der Waals surface area contributed by atoms with Crippen molar-refractivity contribution >= 4 is 11.9 Å². The minimum Gasteiger partial charge on any atom is -0.481 e. The lowest BCUT2D eigenvalue weighted by Gasteiger charge is -2.37. The molecule has 0 saturated carbocycles. The zero-order valence-corrected chi connectivity index (χ0v) is 25.7. The molecule has 0 aromatic heterocycles. The molecule has 4 heteroatoms. The third-order valence-corrected chi connectivity index (χ3v) is 6.51. The molecule has 0 spiro atoms. The lowest BCUT2D eigenvalue weighted by Crippen LogP contribution is -2.32. The van der Waals surface area contributed by atoms with E-state index in [0.717, 1.165) is 11.1 Å². The molecule has 0 saturated heterocycles. The number of carbonyl (C=O) groups is 2. The highest BCUT2D eigenvalue weighted by molar-refractivity contribution is 5.76. The molecule has 1 aliphatic rings. The fraction of sp³-hybridized carbons (Fsp3) is 0.389. The molecule has 1 unspecified atom stereocenters. The number of ether oxygens (including phenoxy) is 1. The summed E-state index contributed by atoms with van der Waals surface area (Å²) in [6, 6.07) is 0. The zero-order valence-electron chi connectivity index (χ0n) is 25.7. The number of esters is 1. The Morgan fingerprint density at radius 1 is 0.825 bits per heavy atom. The van der Waals surface area contributed by atoms with Crippen LogP contribution < -0.4 is 0 Å². The molecular weight excluding hydrogens is 496 g/mol. The van der Waals surface area contributed by atoms with E-state index in [9.17, 15) is 9.59 Å². The van der Waals surface area contributed by atoms with E-state index in [0.29, 0.717) is 12.8 Å². The van der Waals surface area contributed by atoms with E-state index in [1.165, 1.54) is 22.3 Å². The summed E-state index contributed by atoms with van der Waals surface area (Å²) in [5, 5.41) is 8.78. The Hall–Kier alpha value is -3.66. The molecule has 0 amide bonds. The van der Waals surface area contributed by atoms with Gasteiger partial charge in [-0.05, 0) is 59.0 Å². The summed E-state index contributed by atoms with van der Waals surface area (Å²) >= 11 is 0. The van der Waals surface area contributed by atoms with Gasteiger partial charge in [0.15, 0.2) is 0 Å². The minimum absolute atomic E-state index is 0.0894. The van der Waals surface area contributed by atoms with E-state index in [1.807, 2.05) is 25.2 Å². The highest BCUT2D eigenvalue weighted by Gasteiger charge is 2.34. The fourth-order valence-corrected chi connectivity index (χ4v) is 4.50. The van der Waals surface area contributed by atoms with Gasteiger partial charge in [0.1, 0.15) is 6.10 Å². The largest absolute Gasteiger partial charge is 0.481 e. The van der Waals surface area contributed by atoms with Crippen LogP contribution in [0.3, 0.4) is 0 Å². The normalized spacial score (nSPS) is 19.8. The lowest BCUT2D eigenvalue weighted by atomic mass is 9.71. The number of hydrogen-bond acceptors (Lipinski definition) is 3. The average molecular weight is 545 g/mol. The average Bonchev–Trinajstić information content (AvgIpc) is 2.84. The number of rotatable bonds is 13. The van der Waals surface area contributed by atoms with Crippen molar-refractivity contribution < 1.29 is 19.4 Å². The number of hydrogen-bond donors (Lipinski definition) is 1. The quantitative estimate of drug-likeness (QED) is 0.185. The maximum atomic E-state index is 12.0. The van der Waals surface area contributed by atoms with Crippen molar-refractivity contribution in [2.24, 2.45) is 5.41 Å². The summed E-state index contributed by atoms with van der Waals surface area (Å²) in [6.45, 7) is 16.7. The van der Waals surface area contributed by atoms with Gasteiger partial charge in [-0.25, -0.2) is 0 Å². The van der Waals surface area contributed by atoms with E-state index in [-0.39, 0.29) is 24.4 Å². The number of carboxylic acid groups (broad SMARTS) is 1. The third-order valence-electron chi connectivity index (χ3n) is 6.51. The first-order valence-corrected chi connectivity index (χ1v) is 14.0. The van der Waals surface area contributed by atoms with Crippen LogP contribution in [0, 0.1) is 5.41 Å². The Labute approximate surface area is 242 Å². The van der Waals surface area contributed by atoms with Crippen LogP contribution in [0.2, 0.25) is 0 Å². The van der Waals surface area contributed by atoms with Crippen LogP contribution in [-0.4, -0.2) is 23.1 Å². The van der Waals surface area contributed by atoms with Crippen LogP contribution in [0.25, 0.3) is 0 Å². The van der Waals surface area contributed by atoms with Gasteiger partial charge in [-0.2, -0.15) is 0 Å². The summed E-state index contributed by atoms with van der Waals surface area (Å²) in [5.74, 6) is -1.43. The predicted octanol–water partition coefficient (Wildman–Crippen LogP) is 9.49. The second-order valence-electron chi connectivity index (χ2n) is 11.1. The smallest absolute Gasteiger partial charge is 0.306 e. The van der Waals surface area contributed by atoms with E-state index in [1.54, 1.807) is 0 Å². The highest BCUT2D eigenvalue weighted by atomic mass is 16.5. The SMILES string of the molecule is CC=CC(C)=CC=CC(C)=CC=CC=C(C)C=CC=C(C)C=CC1=C(C)CC(OC(=O)CCC(=O)O)CC1(C)C. The molecule has 1 aliphatic carbocycles. The van der Waals surface area contributed by atoms with Crippen LogP contribution >= 0.6 is 0 Å². The minimum atomic E-state index is -0.989. The lowest BCUT2D eigenvalue weighted by molar-refractivity contribution is -0.153. The van der Waals surface area contributed by atoms with Crippen LogP contribution in [0.5, 0.6) is 0 Å². The molecule has 1 N–H and O–H groups in total. The molecule has 0 bridgehead atoms. The zero-order chi connectivity index (χ0) is 30.1. The molecule has 40 heavy (non-hydrogen) atoms. The Bertz CT molecular complexity index is 1190. The maximum absolute atomic E-state index is 12.0. The summed E-state index contributed by atoms with van der Waals surface area (Å²) in [7, 11) is 0. The second-order valence-corrected chi connectivity index (χ2v) is 11.1. The van der Waals surface area contributed by atoms with Gasteiger partial charge in [0.25, 0.3) is 0 Å². The van der Waals surface area contributed by atoms with Crippen LogP contribution in [0.4, 0.5) is 0 Å². The van der Waals surface area contributed by atoms with Gasteiger partial charge in [0.05, 0.1) is 12.8 Å². The Morgan fingerprint density at radius 3 is 1.82 bits per heavy atom. The van der Waals surface area contributed by atoms with Crippen LogP contribution in [-0.2, 0) is 14.3 Å². The summed E-state index contributed by atoms with van der Waals surface area (Å²) < 4.78 is 5.57. The first-order chi connectivity index (χ1) is 18.8. The van der Waals surface area contributed by atoms with Crippen molar-refractivity contribution in [3.8, 4) is 0 Å². The van der Waals surface area contributed by atoms with Gasteiger partial charge in [-0.1, -0.05) is 127 Å². The maximum Gasteiger partial charge on any atom is 0.306 e. The van der Waals surface area contributed by atoms with Crippen LogP contribution in [0.15, 0.2) is 119 Å². The monoisotopic (exact) mass is 544 g/mol. The second kappa shape index (κ2) is 17.8. The molecule has 0 heterocycles. The van der Waals surface area contributed by atoms with Gasteiger partial charge in [-0.15, -0.1) is 0 Å². The van der Waals surface area contributed by atoms with Crippen molar-refractivity contribution in [3.05, 3.63) is 119 Å². The molecule has 0 aliphatic heterocycles. The molecule has 1 atom stereocenters. The first kappa shape index (κ1) is 34.4. The molecule has 216 valence electrons. The topological polar surface area (TPSA) is 63.6 Å². The highest BCUT2D eigenvalue weighted by Crippen LogP contribution is 2.42. The molecule has 0 fully saturated rings. The Kier molecular flexibility index (Phi) is 15.3. The van der Waals surface area contributed by atoms with E-state index < -0.39 is 11.9 Å². The van der Waals surface area contributed by atoms with Crippen molar-refractivity contribution in [2.75, 3.05) is 0 Å². The van der Waals surface area contributed by atoms with E-state index in [2.05, 4.69) is 115 Å². The number of carboxylic acids is 1. The number of carbonyl (C=O) groups excluding carboxylic acids is 1. The van der Waals surface area contributed by atoms with Gasteiger partial charge < -0.3 is 9.84 Å². The van der Waals surface area contributed by atoms with Crippen molar-refractivity contribution in [3.63, 3.8) is 0 Å². The van der Waals surface area contributed by atoms with Crippen LogP contribution in [0.1, 0.15) is 81.1 Å². The van der Waals surface area contributed by atoms with Gasteiger partial charge in [0, 0.05) is 6.42 Å². The van der Waals surface area contributed by atoms with Crippen molar-refractivity contribution in [1.82, 2.24) is 0 Å². The summed E-state index contributed by atoms with van der Waals surface area (Å²) in [4.78, 5) is 22.7. The van der Waals surface area contributed by atoms with E-state index >= 15 is 0 Å². The first-order valence-electron chi connectivity index (χ1n) is 14.0. The molecular formula is C36H48O4. The molecule has 0 aromatic rings. The molecule has 0 radical (unpaired) electrons. The van der Waals surface area contributed by atoms with Crippen molar-refractivity contribution in [2.45, 2.75) is 87.2 Å². The van der Waals surface area contributed by atoms with Crippen molar-refractivity contribution in [1.29, 1.82) is 0 Å². The fourth-order valence-electron chi connectivity index (χ4n) is 4.50. The molecule has 1 rings (SSSR count). The van der Waals surface area contributed by atoms with E-state index in [4.69, 9.17) is 9.84 Å². The standard InChI is InChI=1S/C36H48O4/c1-9-14-27(2)17-12-18-28(3)15-10-11-16-29(4)19-13-20-30(5)21-22-33-31(6)25-32(26-36(33,7)8)40-35(39)24-23-34(37)38/h9-22,32H,23-26H2,1-8H3,(H,37,38). The number of allylic oxidation sites excluding steroid dienone is 19. The Balaban J connectivity index is 2.73. The number of aliphatic carboxylic acids is 1. The van der Waals surface area contributed by atoms with Gasteiger partial charge in [0.2, 0.25) is 0 Å². The molecule has 4 nitrogen and oxygen atoms in total.